The Labute approximate surface area is 155 Å². The van der Waals surface area contributed by atoms with Gasteiger partial charge in [0.2, 0.25) is 0 Å². The molecule has 8 nitrogen and oxygen atoms in total. The van der Waals surface area contributed by atoms with Crippen LogP contribution in [0.25, 0.3) is 0 Å². The van der Waals surface area contributed by atoms with E-state index in [-0.39, 0.29) is 10.8 Å². The van der Waals surface area contributed by atoms with E-state index in [1.807, 2.05) is 18.3 Å². The van der Waals surface area contributed by atoms with Crippen LogP contribution in [-0.4, -0.2) is 35.7 Å². The molecule has 0 aliphatic carbocycles. The summed E-state index contributed by atoms with van der Waals surface area (Å²) in [5.74, 6) is -1.08. The van der Waals surface area contributed by atoms with Crippen molar-refractivity contribution in [2.75, 3.05) is 10.6 Å². The number of aryl methyl sites for hydroxylation is 2. The van der Waals surface area contributed by atoms with E-state index in [2.05, 4.69) is 39.9 Å². The van der Waals surface area contributed by atoms with Gasteiger partial charge in [-0.3, -0.25) is 9.36 Å². The molecule has 0 unspecified atom stereocenters. The van der Waals surface area contributed by atoms with Crippen molar-refractivity contribution >= 4 is 34.7 Å². The van der Waals surface area contributed by atoms with Crippen molar-refractivity contribution in [1.82, 2.24) is 19.6 Å². The number of aromatic carboxylic acids is 1. The molecule has 0 aliphatic rings. The Bertz CT molecular complexity index is 962. The molecular formula is C17H18N6O2S. The van der Waals surface area contributed by atoms with Crippen LogP contribution in [0, 0.1) is 6.92 Å². The van der Waals surface area contributed by atoms with Crippen molar-refractivity contribution < 1.29 is 9.90 Å². The van der Waals surface area contributed by atoms with Gasteiger partial charge in [-0.1, -0.05) is 24.3 Å². The second kappa shape index (κ2) is 7.36. The highest BCUT2D eigenvalue weighted by molar-refractivity contribution is 7.80. The maximum Gasteiger partial charge on any atom is 0.356 e. The van der Waals surface area contributed by atoms with E-state index in [0.717, 1.165) is 0 Å². The Balaban J connectivity index is 1.65. The van der Waals surface area contributed by atoms with Crippen molar-refractivity contribution in [3.05, 3.63) is 59.7 Å². The van der Waals surface area contributed by atoms with E-state index in [1.165, 1.54) is 22.0 Å². The summed E-state index contributed by atoms with van der Waals surface area (Å²) in [6, 6.07) is 8.12. The number of benzene rings is 1. The summed E-state index contributed by atoms with van der Waals surface area (Å²) < 4.78 is 3.08. The molecule has 2 heterocycles. The lowest BCUT2D eigenvalue weighted by molar-refractivity contribution is 0.0686. The van der Waals surface area contributed by atoms with Gasteiger partial charge in [0.25, 0.3) is 0 Å². The summed E-state index contributed by atoms with van der Waals surface area (Å²) in [4.78, 5) is 11.3. The molecule has 9 heteroatoms. The maximum absolute atomic E-state index is 11.3. The second-order valence-electron chi connectivity index (χ2n) is 5.77. The monoisotopic (exact) mass is 370 g/mol. The molecule has 0 aliphatic heterocycles. The summed E-state index contributed by atoms with van der Waals surface area (Å²) in [6.07, 6.45) is 4.91. The number of carboxylic acid groups (broad SMARTS) is 1. The average molecular weight is 370 g/mol. The number of carbonyl (C=O) groups is 1. The molecule has 134 valence electrons. The predicted octanol–water partition coefficient (Wildman–Crippen LogP) is 2.48. The lowest BCUT2D eigenvalue weighted by atomic mass is 10.1. The summed E-state index contributed by atoms with van der Waals surface area (Å²) in [7, 11) is 1.56. The van der Waals surface area contributed by atoms with Crippen LogP contribution in [0.2, 0.25) is 0 Å². The van der Waals surface area contributed by atoms with Gasteiger partial charge in [0, 0.05) is 13.2 Å². The van der Waals surface area contributed by atoms with Gasteiger partial charge in [-0.2, -0.15) is 10.2 Å². The van der Waals surface area contributed by atoms with Crippen molar-refractivity contribution in [3.8, 4) is 0 Å². The fourth-order valence-electron chi connectivity index (χ4n) is 2.54. The molecule has 0 saturated carbocycles. The summed E-state index contributed by atoms with van der Waals surface area (Å²) in [5.41, 5.74) is 3.45. The highest BCUT2D eigenvalue weighted by Crippen LogP contribution is 2.15. The number of rotatable bonds is 5. The number of nitrogens with zero attached hydrogens (tertiary/aromatic N) is 4. The number of anilines is 2. The quantitative estimate of drug-likeness (QED) is 0.594. The molecule has 2 aromatic heterocycles. The first kappa shape index (κ1) is 17.6. The van der Waals surface area contributed by atoms with Crippen LogP contribution >= 0.6 is 12.2 Å². The summed E-state index contributed by atoms with van der Waals surface area (Å²) >= 11 is 5.24. The topological polar surface area (TPSA) is 97.0 Å². The lowest BCUT2D eigenvalue weighted by Gasteiger charge is -2.08. The van der Waals surface area contributed by atoms with Gasteiger partial charge in [-0.15, -0.1) is 0 Å². The molecule has 0 saturated heterocycles. The molecule has 0 spiro atoms. The first-order chi connectivity index (χ1) is 12.4. The van der Waals surface area contributed by atoms with Crippen LogP contribution < -0.4 is 10.6 Å². The third kappa shape index (κ3) is 3.89. The molecule has 26 heavy (non-hydrogen) atoms. The SMILES string of the molecule is Cc1ccccc1Cn1cc(NC(=S)Nc2cnn(C)c2C(=O)O)cn1. The van der Waals surface area contributed by atoms with Crippen LogP contribution in [0.1, 0.15) is 21.6 Å². The molecule has 3 rings (SSSR count). The first-order valence-electron chi connectivity index (χ1n) is 7.84. The van der Waals surface area contributed by atoms with Gasteiger partial charge in [0.1, 0.15) is 0 Å². The van der Waals surface area contributed by atoms with Crippen LogP contribution in [0.15, 0.2) is 42.9 Å². The highest BCUT2D eigenvalue weighted by atomic mass is 32.1. The van der Waals surface area contributed by atoms with Crippen molar-refractivity contribution in [2.24, 2.45) is 7.05 Å². The standard InChI is InChI=1S/C17H18N6O2S/c1-11-5-3-4-6-12(11)9-23-10-13(7-19-23)20-17(26)21-14-8-18-22(2)15(14)16(24)25/h3-8,10H,9H2,1-2H3,(H,24,25)(H2,20,21,26). The third-order valence-electron chi connectivity index (χ3n) is 3.87. The number of aromatic nitrogens is 4. The molecule has 1 aromatic carbocycles. The van der Waals surface area contributed by atoms with E-state index in [1.54, 1.807) is 17.9 Å². The van der Waals surface area contributed by atoms with E-state index in [4.69, 9.17) is 12.2 Å². The number of nitrogens with one attached hydrogen (secondary N) is 2. The smallest absolute Gasteiger partial charge is 0.356 e. The van der Waals surface area contributed by atoms with Crippen LogP contribution in [0.3, 0.4) is 0 Å². The predicted molar refractivity (Wildman–Crippen MR) is 103 cm³/mol. The van der Waals surface area contributed by atoms with Crippen molar-refractivity contribution in [3.63, 3.8) is 0 Å². The van der Waals surface area contributed by atoms with Crippen LogP contribution in [0.4, 0.5) is 11.4 Å². The van der Waals surface area contributed by atoms with Crippen LogP contribution in [-0.2, 0) is 13.6 Å². The van der Waals surface area contributed by atoms with Gasteiger partial charge in [0.05, 0.1) is 30.3 Å². The first-order valence-corrected chi connectivity index (χ1v) is 8.25. The van der Waals surface area contributed by atoms with Crippen molar-refractivity contribution in [1.29, 1.82) is 0 Å². The van der Waals surface area contributed by atoms with Gasteiger partial charge in [0.15, 0.2) is 10.8 Å². The fourth-order valence-corrected chi connectivity index (χ4v) is 2.77. The van der Waals surface area contributed by atoms with Crippen LogP contribution in [0.5, 0.6) is 0 Å². The number of thiocarbonyl (C=S) groups is 1. The largest absolute Gasteiger partial charge is 0.476 e. The zero-order valence-electron chi connectivity index (χ0n) is 14.3. The molecule has 3 aromatic rings. The zero-order valence-corrected chi connectivity index (χ0v) is 15.1. The number of hydrogen-bond acceptors (Lipinski definition) is 4. The minimum Gasteiger partial charge on any atom is -0.476 e. The van der Waals surface area contributed by atoms with E-state index >= 15 is 0 Å². The van der Waals surface area contributed by atoms with E-state index in [9.17, 15) is 9.90 Å². The molecule has 3 N–H and O–H groups in total. The molecule has 0 bridgehead atoms. The fraction of sp³-hybridized carbons (Fsp3) is 0.176. The third-order valence-corrected chi connectivity index (χ3v) is 4.08. The Morgan fingerprint density at radius 3 is 2.73 bits per heavy atom. The Morgan fingerprint density at radius 1 is 1.23 bits per heavy atom. The van der Waals surface area contributed by atoms with Crippen molar-refractivity contribution in [2.45, 2.75) is 13.5 Å². The average Bonchev–Trinajstić information content (AvgIpc) is 3.16. The minimum atomic E-state index is -1.08. The second-order valence-corrected chi connectivity index (χ2v) is 6.18. The lowest BCUT2D eigenvalue weighted by Crippen LogP contribution is -2.20. The molecule has 0 radical (unpaired) electrons. The van der Waals surface area contributed by atoms with E-state index in [0.29, 0.717) is 17.9 Å². The van der Waals surface area contributed by atoms with E-state index < -0.39 is 5.97 Å². The van der Waals surface area contributed by atoms with Gasteiger partial charge >= 0.3 is 5.97 Å². The number of carboxylic acids is 1. The summed E-state index contributed by atoms with van der Waals surface area (Å²) in [6.45, 7) is 2.71. The van der Waals surface area contributed by atoms with Gasteiger partial charge in [-0.25, -0.2) is 4.79 Å². The minimum absolute atomic E-state index is 0.0318. The highest BCUT2D eigenvalue weighted by Gasteiger charge is 2.16. The normalized spacial score (nSPS) is 10.5. The Kier molecular flexibility index (Phi) is 4.99. The van der Waals surface area contributed by atoms with Gasteiger partial charge < -0.3 is 15.7 Å². The number of hydrogen-bond donors (Lipinski definition) is 3. The molecule has 0 fully saturated rings. The Hall–Kier alpha value is -3.20. The molecule has 0 amide bonds. The molecular weight excluding hydrogens is 352 g/mol. The Morgan fingerprint density at radius 2 is 2.00 bits per heavy atom. The zero-order chi connectivity index (χ0) is 18.7. The van der Waals surface area contributed by atoms with Gasteiger partial charge in [-0.05, 0) is 30.3 Å². The molecule has 0 atom stereocenters. The maximum atomic E-state index is 11.3. The summed E-state index contributed by atoms with van der Waals surface area (Å²) in [5, 5.41) is 23.6.